The molecule has 0 radical (unpaired) electrons. The van der Waals surface area contributed by atoms with Crippen molar-refractivity contribution in [3.8, 4) is 27.9 Å². The maximum atomic E-state index is 5.02. The van der Waals surface area contributed by atoms with Gasteiger partial charge in [-0.15, -0.1) is 0 Å². The maximum Gasteiger partial charge on any atom is 0.0662 e. The summed E-state index contributed by atoms with van der Waals surface area (Å²) < 4.78 is 2.49. The lowest BCUT2D eigenvalue weighted by molar-refractivity contribution is 0.845. The molecule has 0 saturated carbocycles. The molecule has 0 spiro atoms. The zero-order valence-electron chi connectivity index (χ0n) is 25.4. The second-order valence-corrected chi connectivity index (χ2v) is 11.4. The van der Waals surface area contributed by atoms with Gasteiger partial charge in [0.25, 0.3) is 0 Å². The Morgan fingerprint density at radius 1 is 0.636 bits per heavy atom. The highest BCUT2D eigenvalue weighted by Gasteiger charge is 2.22. The number of rotatable bonds is 6. The molecule has 214 valence electrons. The predicted molar refractivity (Wildman–Crippen MR) is 188 cm³/mol. The molecule has 0 bridgehead atoms. The second kappa shape index (κ2) is 12.2. The van der Waals surface area contributed by atoms with Crippen molar-refractivity contribution in [2.75, 3.05) is 0 Å². The Morgan fingerprint density at radius 3 is 1.93 bits per heavy atom. The van der Waals surface area contributed by atoms with E-state index >= 15 is 0 Å². The van der Waals surface area contributed by atoms with Gasteiger partial charge in [0.1, 0.15) is 0 Å². The minimum absolute atomic E-state index is 0.945. The number of hydrogen-bond acceptors (Lipinski definition) is 1. The van der Waals surface area contributed by atoms with Gasteiger partial charge in [-0.3, -0.25) is 4.99 Å². The summed E-state index contributed by atoms with van der Waals surface area (Å²) in [4.78, 5) is 5.02. The van der Waals surface area contributed by atoms with Crippen molar-refractivity contribution in [2.24, 2.45) is 4.99 Å². The van der Waals surface area contributed by atoms with Crippen LogP contribution in [0.2, 0.25) is 0 Å². The van der Waals surface area contributed by atoms with Crippen molar-refractivity contribution in [2.45, 2.75) is 33.1 Å². The molecular weight excluding hydrogens is 532 g/mol. The van der Waals surface area contributed by atoms with Crippen LogP contribution in [0.5, 0.6) is 0 Å². The lowest BCUT2D eigenvalue weighted by atomic mass is 10.0. The molecule has 44 heavy (non-hydrogen) atoms. The summed E-state index contributed by atoms with van der Waals surface area (Å²) in [5, 5.41) is 0. The van der Waals surface area contributed by atoms with Gasteiger partial charge < -0.3 is 4.57 Å². The Balaban J connectivity index is 1.11. The average Bonchev–Trinajstić information content (AvgIpc) is 3.21. The number of fused-ring (bicyclic) bond motifs is 3. The first-order valence-electron chi connectivity index (χ1n) is 15.5. The van der Waals surface area contributed by atoms with Gasteiger partial charge in [0.05, 0.1) is 5.70 Å². The average molecular weight is 569 g/mol. The molecule has 2 heteroatoms. The van der Waals surface area contributed by atoms with E-state index in [4.69, 9.17) is 4.99 Å². The molecule has 0 aliphatic heterocycles. The van der Waals surface area contributed by atoms with E-state index in [-0.39, 0.29) is 0 Å². The third kappa shape index (κ3) is 5.36. The molecule has 0 unspecified atom stereocenters. The topological polar surface area (TPSA) is 17.3 Å². The molecule has 0 amide bonds. The Kier molecular flexibility index (Phi) is 7.65. The summed E-state index contributed by atoms with van der Waals surface area (Å²) in [7, 11) is 0. The number of hydrogen-bond donors (Lipinski definition) is 0. The Bertz CT molecular complexity index is 1940. The SMILES string of the molecule is C/C=C(\N=C(/C)c1ccc(-c2ccccc2)cc1)c1ccc(-c2ccc(-n3c4c(c5c3CCC=C5)C=CC=CC4)cc2)cc1. The van der Waals surface area contributed by atoms with Crippen molar-refractivity contribution in [3.63, 3.8) is 0 Å². The van der Waals surface area contributed by atoms with Gasteiger partial charge in [0.15, 0.2) is 0 Å². The molecule has 0 fully saturated rings. The van der Waals surface area contributed by atoms with Crippen molar-refractivity contribution in [3.05, 3.63) is 167 Å². The number of allylic oxidation sites excluding steroid dienone is 5. The van der Waals surface area contributed by atoms with Crippen LogP contribution in [0.25, 0.3) is 45.8 Å². The summed E-state index contributed by atoms with van der Waals surface area (Å²) in [6.07, 6.45) is 18.7. The highest BCUT2D eigenvalue weighted by molar-refractivity contribution is 6.02. The van der Waals surface area contributed by atoms with Gasteiger partial charge in [-0.1, -0.05) is 134 Å². The highest BCUT2D eigenvalue weighted by atomic mass is 15.0. The van der Waals surface area contributed by atoms with Crippen LogP contribution in [-0.4, -0.2) is 10.3 Å². The van der Waals surface area contributed by atoms with Crippen LogP contribution >= 0.6 is 0 Å². The quantitative estimate of drug-likeness (QED) is 0.181. The van der Waals surface area contributed by atoms with E-state index in [1.165, 1.54) is 50.5 Å². The van der Waals surface area contributed by atoms with Crippen LogP contribution in [0.4, 0.5) is 0 Å². The van der Waals surface area contributed by atoms with E-state index in [2.05, 4.69) is 158 Å². The Hall–Kier alpha value is -5.21. The van der Waals surface area contributed by atoms with Crippen LogP contribution in [0.1, 0.15) is 53.9 Å². The molecule has 7 rings (SSSR count). The van der Waals surface area contributed by atoms with Gasteiger partial charge in [-0.05, 0) is 72.2 Å². The van der Waals surface area contributed by atoms with E-state index in [1.807, 2.05) is 6.07 Å². The number of aliphatic imine (C=N–C) groups is 1. The lowest BCUT2D eigenvalue weighted by Gasteiger charge is -2.15. The number of nitrogens with zero attached hydrogens (tertiary/aromatic N) is 2. The summed E-state index contributed by atoms with van der Waals surface area (Å²) in [6, 6.07) is 37.0. The Labute approximate surface area is 260 Å². The van der Waals surface area contributed by atoms with Crippen LogP contribution in [0, 0.1) is 0 Å². The molecule has 1 heterocycles. The first-order chi connectivity index (χ1) is 21.7. The highest BCUT2D eigenvalue weighted by Crippen LogP contribution is 2.35. The minimum atomic E-state index is 0.945. The van der Waals surface area contributed by atoms with E-state index in [0.717, 1.165) is 41.8 Å². The van der Waals surface area contributed by atoms with Gasteiger partial charge in [0, 0.05) is 40.3 Å². The second-order valence-electron chi connectivity index (χ2n) is 11.4. The molecule has 0 atom stereocenters. The Morgan fingerprint density at radius 2 is 1.25 bits per heavy atom. The van der Waals surface area contributed by atoms with Crippen LogP contribution in [0.15, 0.2) is 139 Å². The van der Waals surface area contributed by atoms with Crippen LogP contribution in [-0.2, 0) is 12.8 Å². The first kappa shape index (κ1) is 27.6. The maximum absolute atomic E-state index is 5.02. The van der Waals surface area contributed by atoms with Gasteiger partial charge in [-0.2, -0.15) is 0 Å². The summed E-state index contributed by atoms with van der Waals surface area (Å²) in [6.45, 7) is 4.14. The largest absolute Gasteiger partial charge is 0.316 e. The fourth-order valence-corrected chi connectivity index (χ4v) is 6.39. The minimum Gasteiger partial charge on any atom is -0.316 e. The van der Waals surface area contributed by atoms with Crippen molar-refractivity contribution >= 4 is 23.6 Å². The van der Waals surface area contributed by atoms with Crippen molar-refractivity contribution < 1.29 is 0 Å². The zero-order chi connectivity index (χ0) is 29.9. The number of aromatic nitrogens is 1. The van der Waals surface area contributed by atoms with Gasteiger partial charge in [-0.25, -0.2) is 0 Å². The van der Waals surface area contributed by atoms with Crippen molar-refractivity contribution in [1.29, 1.82) is 0 Å². The van der Waals surface area contributed by atoms with Gasteiger partial charge in [0.2, 0.25) is 0 Å². The van der Waals surface area contributed by atoms with E-state index < -0.39 is 0 Å². The van der Waals surface area contributed by atoms with Crippen LogP contribution < -0.4 is 0 Å². The molecule has 5 aromatic rings. The van der Waals surface area contributed by atoms with E-state index in [9.17, 15) is 0 Å². The molecule has 0 N–H and O–H groups in total. The summed E-state index contributed by atoms with van der Waals surface area (Å²) >= 11 is 0. The third-order valence-corrected chi connectivity index (χ3v) is 8.72. The first-order valence-corrected chi connectivity index (χ1v) is 15.5. The van der Waals surface area contributed by atoms with E-state index in [0.29, 0.717) is 0 Å². The molecule has 2 aliphatic rings. The summed E-state index contributed by atoms with van der Waals surface area (Å²) in [5.74, 6) is 0. The molecule has 2 aliphatic carbocycles. The molecule has 2 nitrogen and oxygen atoms in total. The molecule has 4 aromatic carbocycles. The van der Waals surface area contributed by atoms with Gasteiger partial charge >= 0.3 is 0 Å². The normalized spacial score (nSPS) is 14.3. The fraction of sp³-hybridized carbons (Fsp3) is 0.119. The molecule has 0 saturated heterocycles. The molecular formula is C42H36N2. The predicted octanol–water partition coefficient (Wildman–Crippen LogP) is 10.8. The monoisotopic (exact) mass is 568 g/mol. The van der Waals surface area contributed by atoms with Crippen LogP contribution in [0.3, 0.4) is 0 Å². The summed E-state index contributed by atoms with van der Waals surface area (Å²) in [5.41, 5.74) is 15.9. The third-order valence-electron chi connectivity index (χ3n) is 8.72. The number of benzene rings is 4. The lowest BCUT2D eigenvalue weighted by Crippen LogP contribution is -2.06. The fourth-order valence-electron chi connectivity index (χ4n) is 6.39. The van der Waals surface area contributed by atoms with Crippen molar-refractivity contribution in [1.82, 2.24) is 4.57 Å². The standard InChI is InChI=1S/C42H36N2/c1-3-40(43-30(2)31-18-20-33(21-19-31)32-12-6-4-7-13-32)36-24-22-34(23-25-36)35-26-28-37(29-27-35)44-41-16-9-5-8-14-38(41)39-15-10-11-17-42(39)44/h3-10,12-15,18-29H,11,16-17H2,1-2H3/b40-3-,43-30+. The molecule has 1 aromatic heterocycles. The van der Waals surface area contributed by atoms with E-state index in [1.54, 1.807) is 0 Å². The smallest absolute Gasteiger partial charge is 0.0662 e. The zero-order valence-corrected chi connectivity index (χ0v) is 25.4.